The summed E-state index contributed by atoms with van der Waals surface area (Å²) in [4.78, 5) is 0. The maximum Gasteiger partial charge on any atom is 0.235 e. The molecule has 0 spiro atoms. The van der Waals surface area contributed by atoms with Gasteiger partial charge in [-0.05, 0) is 26.0 Å². The quantitative estimate of drug-likeness (QED) is 0.872. The van der Waals surface area contributed by atoms with E-state index in [0.29, 0.717) is 0 Å². The SMILES string of the molecule is CC(C)S(=O)(=O)Nc1cccc(F)c1F. The summed E-state index contributed by atoms with van der Waals surface area (Å²) in [5.74, 6) is -2.28. The lowest BCUT2D eigenvalue weighted by molar-refractivity contribution is 0.511. The van der Waals surface area contributed by atoms with Crippen LogP contribution >= 0.6 is 0 Å². The fraction of sp³-hybridized carbons (Fsp3) is 0.333. The van der Waals surface area contributed by atoms with E-state index in [0.717, 1.165) is 6.07 Å². The molecular formula is C9H11F2NO2S. The highest BCUT2D eigenvalue weighted by atomic mass is 32.2. The van der Waals surface area contributed by atoms with Crippen molar-refractivity contribution in [3.63, 3.8) is 0 Å². The molecule has 1 aromatic carbocycles. The number of anilines is 1. The Hall–Kier alpha value is -1.17. The van der Waals surface area contributed by atoms with Crippen LogP contribution in [0.25, 0.3) is 0 Å². The molecule has 0 saturated heterocycles. The normalized spacial score (nSPS) is 11.8. The predicted octanol–water partition coefficient (Wildman–Crippen LogP) is 2.11. The second-order valence-corrected chi connectivity index (χ2v) is 5.53. The first-order valence-corrected chi connectivity index (χ1v) is 5.85. The monoisotopic (exact) mass is 235 g/mol. The van der Waals surface area contributed by atoms with E-state index in [1.54, 1.807) is 0 Å². The standard InChI is InChI=1S/C9H11F2NO2S/c1-6(2)15(13,14)12-8-5-3-4-7(10)9(8)11/h3-6,12H,1-2H3. The van der Waals surface area contributed by atoms with Gasteiger partial charge in [0.15, 0.2) is 11.6 Å². The minimum Gasteiger partial charge on any atom is -0.280 e. The second-order valence-electron chi connectivity index (χ2n) is 3.30. The van der Waals surface area contributed by atoms with Gasteiger partial charge in [-0.1, -0.05) is 6.07 Å². The van der Waals surface area contributed by atoms with Gasteiger partial charge in [0.05, 0.1) is 10.9 Å². The molecule has 0 saturated carbocycles. The number of sulfonamides is 1. The van der Waals surface area contributed by atoms with Crippen LogP contribution in [0.1, 0.15) is 13.8 Å². The minimum absolute atomic E-state index is 0.372. The summed E-state index contributed by atoms with van der Waals surface area (Å²) in [6, 6.07) is 3.32. The van der Waals surface area contributed by atoms with Crippen molar-refractivity contribution in [3.05, 3.63) is 29.8 Å². The Kier molecular flexibility index (Phi) is 3.28. The van der Waals surface area contributed by atoms with Gasteiger partial charge < -0.3 is 0 Å². The van der Waals surface area contributed by atoms with Crippen molar-refractivity contribution in [1.29, 1.82) is 0 Å². The van der Waals surface area contributed by atoms with Crippen LogP contribution in [-0.2, 0) is 10.0 Å². The van der Waals surface area contributed by atoms with Crippen LogP contribution in [0.2, 0.25) is 0 Å². The number of hydrogen-bond acceptors (Lipinski definition) is 2. The summed E-state index contributed by atoms with van der Waals surface area (Å²) in [7, 11) is -3.65. The van der Waals surface area contributed by atoms with Crippen LogP contribution in [0.4, 0.5) is 14.5 Å². The van der Waals surface area contributed by atoms with Gasteiger partial charge >= 0.3 is 0 Å². The highest BCUT2D eigenvalue weighted by Crippen LogP contribution is 2.18. The van der Waals surface area contributed by atoms with Crippen LogP contribution in [0.5, 0.6) is 0 Å². The van der Waals surface area contributed by atoms with Crippen LogP contribution in [0.15, 0.2) is 18.2 Å². The molecule has 1 N–H and O–H groups in total. The molecule has 0 aromatic heterocycles. The van der Waals surface area contributed by atoms with Gasteiger partial charge in [0.1, 0.15) is 0 Å². The van der Waals surface area contributed by atoms with E-state index in [2.05, 4.69) is 0 Å². The van der Waals surface area contributed by atoms with Crippen molar-refractivity contribution in [2.24, 2.45) is 0 Å². The van der Waals surface area contributed by atoms with Gasteiger partial charge in [0.25, 0.3) is 0 Å². The average molecular weight is 235 g/mol. The molecular weight excluding hydrogens is 224 g/mol. The van der Waals surface area contributed by atoms with Crippen molar-refractivity contribution < 1.29 is 17.2 Å². The molecule has 0 aliphatic rings. The molecule has 0 fully saturated rings. The molecule has 0 aliphatic heterocycles. The first-order valence-electron chi connectivity index (χ1n) is 4.30. The summed E-state index contributed by atoms with van der Waals surface area (Å²) in [6.45, 7) is 2.89. The van der Waals surface area contributed by atoms with Crippen molar-refractivity contribution in [2.75, 3.05) is 4.72 Å². The number of rotatable bonds is 3. The van der Waals surface area contributed by atoms with Gasteiger partial charge in [-0.25, -0.2) is 17.2 Å². The molecule has 3 nitrogen and oxygen atoms in total. The fourth-order valence-corrected chi connectivity index (χ4v) is 1.55. The van der Waals surface area contributed by atoms with E-state index in [-0.39, 0.29) is 5.69 Å². The fourth-order valence-electron chi connectivity index (χ4n) is 0.854. The van der Waals surface area contributed by atoms with Gasteiger partial charge in [-0.3, -0.25) is 4.72 Å². The molecule has 1 aromatic rings. The third kappa shape index (κ3) is 2.65. The summed E-state index contributed by atoms with van der Waals surface area (Å²) in [5, 5.41) is -0.708. The van der Waals surface area contributed by atoms with Gasteiger partial charge in [-0.15, -0.1) is 0 Å². The van der Waals surface area contributed by atoms with E-state index in [1.807, 2.05) is 4.72 Å². The highest BCUT2D eigenvalue weighted by Gasteiger charge is 2.18. The third-order valence-electron chi connectivity index (χ3n) is 1.82. The van der Waals surface area contributed by atoms with Gasteiger partial charge in [-0.2, -0.15) is 0 Å². The molecule has 1 rings (SSSR count). The zero-order chi connectivity index (χ0) is 11.6. The topological polar surface area (TPSA) is 46.2 Å². The van der Waals surface area contributed by atoms with E-state index in [1.165, 1.54) is 26.0 Å². The number of hydrogen-bond donors (Lipinski definition) is 1. The van der Waals surface area contributed by atoms with Crippen molar-refractivity contribution in [3.8, 4) is 0 Å². The maximum absolute atomic E-state index is 13.1. The summed E-state index contributed by atoms with van der Waals surface area (Å²) >= 11 is 0. The third-order valence-corrected chi connectivity index (χ3v) is 3.57. The zero-order valence-corrected chi connectivity index (χ0v) is 9.11. The Morgan fingerprint density at radius 2 is 1.87 bits per heavy atom. The van der Waals surface area contributed by atoms with Crippen molar-refractivity contribution in [2.45, 2.75) is 19.1 Å². The Bertz CT molecular complexity index is 457. The molecule has 0 amide bonds. The van der Waals surface area contributed by atoms with Gasteiger partial charge in [0, 0.05) is 0 Å². The largest absolute Gasteiger partial charge is 0.280 e. The smallest absolute Gasteiger partial charge is 0.235 e. The number of benzene rings is 1. The van der Waals surface area contributed by atoms with E-state index < -0.39 is 26.9 Å². The lowest BCUT2D eigenvalue weighted by Gasteiger charge is -2.11. The van der Waals surface area contributed by atoms with E-state index in [4.69, 9.17) is 0 Å². The van der Waals surface area contributed by atoms with E-state index in [9.17, 15) is 17.2 Å². The molecule has 6 heteroatoms. The van der Waals surface area contributed by atoms with E-state index >= 15 is 0 Å². The maximum atomic E-state index is 13.1. The Morgan fingerprint density at radius 3 is 2.40 bits per heavy atom. The average Bonchev–Trinajstić information content (AvgIpc) is 2.12. The van der Waals surface area contributed by atoms with Crippen molar-refractivity contribution in [1.82, 2.24) is 0 Å². The number of nitrogens with one attached hydrogen (secondary N) is 1. The zero-order valence-electron chi connectivity index (χ0n) is 8.29. The summed E-state index contributed by atoms with van der Waals surface area (Å²) in [6.07, 6.45) is 0. The van der Waals surface area contributed by atoms with Crippen LogP contribution in [-0.4, -0.2) is 13.7 Å². The Labute approximate surface area is 87.2 Å². The second kappa shape index (κ2) is 4.14. The lowest BCUT2D eigenvalue weighted by Crippen LogP contribution is -2.23. The number of halogens is 2. The van der Waals surface area contributed by atoms with Gasteiger partial charge in [0.2, 0.25) is 10.0 Å². The first-order chi connectivity index (χ1) is 6.84. The van der Waals surface area contributed by atoms with Crippen LogP contribution < -0.4 is 4.72 Å². The molecule has 0 radical (unpaired) electrons. The van der Waals surface area contributed by atoms with Crippen molar-refractivity contribution >= 4 is 15.7 Å². The molecule has 0 heterocycles. The molecule has 0 unspecified atom stereocenters. The molecule has 0 bridgehead atoms. The summed E-state index contributed by atoms with van der Waals surface area (Å²) in [5.41, 5.74) is -0.372. The lowest BCUT2D eigenvalue weighted by atomic mass is 10.3. The van der Waals surface area contributed by atoms with Crippen LogP contribution in [0.3, 0.4) is 0 Å². The highest BCUT2D eigenvalue weighted by molar-refractivity contribution is 7.93. The Balaban J connectivity index is 3.06. The molecule has 84 valence electrons. The molecule has 0 aliphatic carbocycles. The van der Waals surface area contributed by atoms with Crippen LogP contribution in [0, 0.1) is 11.6 Å². The summed E-state index contributed by atoms with van der Waals surface area (Å²) < 4.78 is 50.5. The Morgan fingerprint density at radius 1 is 1.27 bits per heavy atom. The first kappa shape index (κ1) is 11.9. The predicted molar refractivity (Wildman–Crippen MR) is 54.0 cm³/mol. The minimum atomic E-state index is -3.65. The molecule has 0 atom stereocenters. The molecule has 15 heavy (non-hydrogen) atoms.